The Bertz CT molecular complexity index is 304. The van der Waals surface area contributed by atoms with Crippen LogP contribution in [0.25, 0.3) is 0 Å². The number of nitrogens with zero attached hydrogens (tertiary/aromatic N) is 1. The summed E-state index contributed by atoms with van der Waals surface area (Å²) in [6.45, 7) is 8.46. The zero-order chi connectivity index (χ0) is 12.7. The minimum Gasteiger partial charge on any atom is -0.350 e. The van der Waals surface area contributed by atoms with Gasteiger partial charge in [0.2, 0.25) is 5.91 Å². The maximum absolute atomic E-state index is 11.8. The molecule has 0 unspecified atom stereocenters. The van der Waals surface area contributed by atoms with Crippen LogP contribution >= 0.6 is 0 Å². The molecule has 3 N–H and O–H groups in total. The van der Waals surface area contributed by atoms with Crippen LogP contribution < -0.4 is 11.1 Å². The average Bonchev–Trinajstić information content (AvgIpc) is 2.97. The Kier molecular flexibility index (Phi) is 3.21. The molecule has 1 saturated carbocycles. The van der Waals surface area contributed by atoms with Crippen LogP contribution in [0.3, 0.4) is 0 Å². The van der Waals surface area contributed by atoms with E-state index in [-0.39, 0.29) is 17.0 Å². The second-order valence-electron chi connectivity index (χ2n) is 6.44. The number of hydrogen-bond donors (Lipinski definition) is 2. The molecule has 4 nitrogen and oxygen atoms in total. The fraction of sp³-hybridized carbons (Fsp3) is 0.923. The van der Waals surface area contributed by atoms with E-state index in [0.29, 0.717) is 12.5 Å². The highest BCUT2D eigenvalue weighted by Gasteiger charge is 2.50. The normalized spacial score (nSPS) is 24.2. The third kappa shape index (κ3) is 2.99. The van der Waals surface area contributed by atoms with Crippen molar-refractivity contribution in [3.05, 3.63) is 0 Å². The lowest BCUT2D eigenvalue weighted by atomic mass is 9.86. The molecule has 1 amide bonds. The van der Waals surface area contributed by atoms with Crippen LogP contribution in [0.4, 0.5) is 0 Å². The molecular formula is C13H25N3O. The molecule has 0 bridgehead atoms. The topological polar surface area (TPSA) is 58.4 Å². The highest BCUT2D eigenvalue weighted by Crippen LogP contribution is 2.42. The van der Waals surface area contributed by atoms with Crippen molar-refractivity contribution in [1.29, 1.82) is 0 Å². The number of hydrogen-bond acceptors (Lipinski definition) is 3. The molecule has 0 aromatic heterocycles. The predicted octanol–water partition coefficient (Wildman–Crippen LogP) is 0.714. The van der Waals surface area contributed by atoms with Gasteiger partial charge < -0.3 is 11.1 Å². The van der Waals surface area contributed by atoms with Gasteiger partial charge >= 0.3 is 0 Å². The summed E-state index contributed by atoms with van der Waals surface area (Å²) in [6.07, 6.45) is 3.50. The molecule has 1 aliphatic carbocycles. The standard InChI is InChI=1S/C13H25N3O/c1-4-12(2,3)15-11(17)7-16-8-13(14,9-16)10-5-6-10/h10H,4-9,14H2,1-3H3,(H,15,17). The van der Waals surface area contributed by atoms with Crippen molar-refractivity contribution < 1.29 is 4.79 Å². The number of likely N-dealkylation sites (tertiary alicyclic amines) is 1. The zero-order valence-corrected chi connectivity index (χ0v) is 11.3. The fourth-order valence-electron chi connectivity index (χ4n) is 2.52. The summed E-state index contributed by atoms with van der Waals surface area (Å²) in [5.41, 5.74) is 6.17. The monoisotopic (exact) mass is 239 g/mol. The van der Waals surface area contributed by atoms with Crippen molar-refractivity contribution in [2.45, 2.75) is 51.1 Å². The predicted molar refractivity (Wildman–Crippen MR) is 68.6 cm³/mol. The molecule has 0 aromatic rings. The number of rotatable bonds is 5. The first-order valence-electron chi connectivity index (χ1n) is 6.67. The lowest BCUT2D eigenvalue weighted by Gasteiger charge is -2.48. The van der Waals surface area contributed by atoms with E-state index in [1.807, 2.05) is 0 Å². The zero-order valence-electron chi connectivity index (χ0n) is 11.3. The molecule has 0 aromatic carbocycles. The Morgan fingerprint density at radius 2 is 2.06 bits per heavy atom. The van der Waals surface area contributed by atoms with Crippen molar-refractivity contribution in [3.63, 3.8) is 0 Å². The van der Waals surface area contributed by atoms with Gasteiger partial charge in [0.05, 0.1) is 6.54 Å². The third-order valence-electron chi connectivity index (χ3n) is 4.16. The van der Waals surface area contributed by atoms with Crippen LogP contribution in [-0.4, -0.2) is 41.5 Å². The summed E-state index contributed by atoms with van der Waals surface area (Å²) in [7, 11) is 0. The molecular weight excluding hydrogens is 214 g/mol. The second kappa shape index (κ2) is 4.25. The Balaban J connectivity index is 1.71. The molecule has 2 fully saturated rings. The van der Waals surface area contributed by atoms with Crippen molar-refractivity contribution in [1.82, 2.24) is 10.2 Å². The van der Waals surface area contributed by atoms with Gasteiger partial charge in [0.25, 0.3) is 0 Å². The van der Waals surface area contributed by atoms with E-state index in [1.54, 1.807) is 0 Å². The van der Waals surface area contributed by atoms with Gasteiger partial charge in [-0.05, 0) is 39.0 Å². The van der Waals surface area contributed by atoms with E-state index in [2.05, 4.69) is 31.0 Å². The minimum atomic E-state index is -0.0990. The van der Waals surface area contributed by atoms with Crippen molar-refractivity contribution in [3.8, 4) is 0 Å². The number of carbonyl (C=O) groups is 1. The quantitative estimate of drug-likeness (QED) is 0.743. The van der Waals surface area contributed by atoms with Gasteiger partial charge in [-0.3, -0.25) is 9.69 Å². The number of nitrogens with one attached hydrogen (secondary N) is 1. The Labute approximate surface area is 104 Å². The van der Waals surface area contributed by atoms with Gasteiger partial charge in [-0.25, -0.2) is 0 Å². The van der Waals surface area contributed by atoms with E-state index >= 15 is 0 Å². The Morgan fingerprint density at radius 1 is 1.47 bits per heavy atom. The number of nitrogens with two attached hydrogens (primary N) is 1. The molecule has 0 radical (unpaired) electrons. The van der Waals surface area contributed by atoms with Crippen molar-refractivity contribution >= 4 is 5.91 Å². The molecule has 0 spiro atoms. The molecule has 1 aliphatic heterocycles. The van der Waals surface area contributed by atoms with E-state index in [1.165, 1.54) is 12.8 Å². The Hall–Kier alpha value is -0.610. The number of carbonyl (C=O) groups excluding carboxylic acids is 1. The van der Waals surface area contributed by atoms with E-state index < -0.39 is 0 Å². The van der Waals surface area contributed by atoms with Gasteiger partial charge in [-0.1, -0.05) is 6.92 Å². The summed E-state index contributed by atoms with van der Waals surface area (Å²) in [5, 5.41) is 3.06. The third-order valence-corrected chi connectivity index (χ3v) is 4.16. The summed E-state index contributed by atoms with van der Waals surface area (Å²) in [4.78, 5) is 14.0. The summed E-state index contributed by atoms with van der Waals surface area (Å²) < 4.78 is 0. The number of amides is 1. The van der Waals surface area contributed by atoms with Crippen LogP contribution in [0.2, 0.25) is 0 Å². The lowest BCUT2D eigenvalue weighted by Crippen LogP contribution is -2.69. The molecule has 2 rings (SSSR count). The maximum Gasteiger partial charge on any atom is 0.234 e. The lowest BCUT2D eigenvalue weighted by molar-refractivity contribution is -0.126. The van der Waals surface area contributed by atoms with E-state index in [9.17, 15) is 4.79 Å². The highest BCUT2D eigenvalue weighted by molar-refractivity contribution is 5.79. The van der Waals surface area contributed by atoms with Gasteiger partial charge in [0.15, 0.2) is 0 Å². The average molecular weight is 239 g/mol. The van der Waals surface area contributed by atoms with Crippen LogP contribution in [0.1, 0.15) is 40.0 Å². The van der Waals surface area contributed by atoms with Gasteiger partial charge in [-0.2, -0.15) is 0 Å². The first kappa shape index (κ1) is 12.8. The SMILES string of the molecule is CCC(C)(C)NC(=O)CN1CC(N)(C2CC2)C1. The molecule has 1 heterocycles. The van der Waals surface area contributed by atoms with Crippen molar-refractivity contribution in [2.75, 3.05) is 19.6 Å². The molecule has 0 atom stereocenters. The minimum absolute atomic E-state index is 0.0144. The molecule has 17 heavy (non-hydrogen) atoms. The molecule has 2 aliphatic rings. The van der Waals surface area contributed by atoms with Crippen LogP contribution in [0.5, 0.6) is 0 Å². The van der Waals surface area contributed by atoms with E-state index in [0.717, 1.165) is 19.5 Å². The van der Waals surface area contributed by atoms with Gasteiger partial charge in [0, 0.05) is 24.2 Å². The van der Waals surface area contributed by atoms with Gasteiger partial charge in [0.1, 0.15) is 0 Å². The largest absolute Gasteiger partial charge is 0.350 e. The second-order valence-corrected chi connectivity index (χ2v) is 6.44. The van der Waals surface area contributed by atoms with Crippen LogP contribution in [-0.2, 0) is 4.79 Å². The van der Waals surface area contributed by atoms with Crippen molar-refractivity contribution in [2.24, 2.45) is 11.7 Å². The van der Waals surface area contributed by atoms with Gasteiger partial charge in [-0.15, -0.1) is 0 Å². The highest BCUT2D eigenvalue weighted by atomic mass is 16.2. The molecule has 98 valence electrons. The first-order valence-corrected chi connectivity index (χ1v) is 6.67. The summed E-state index contributed by atoms with van der Waals surface area (Å²) in [5.74, 6) is 0.837. The smallest absolute Gasteiger partial charge is 0.234 e. The molecule has 4 heteroatoms. The van der Waals surface area contributed by atoms with E-state index in [4.69, 9.17) is 5.73 Å². The molecule has 1 saturated heterocycles. The summed E-state index contributed by atoms with van der Waals surface area (Å²) in [6, 6.07) is 0. The fourth-order valence-corrected chi connectivity index (χ4v) is 2.52. The maximum atomic E-state index is 11.8. The van der Waals surface area contributed by atoms with Crippen LogP contribution in [0, 0.1) is 5.92 Å². The first-order chi connectivity index (χ1) is 7.85. The van der Waals surface area contributed by atoms with Crippen LogP contribution in [0.15, 0.2) is 0 Å². The summed E-state index contributed by atoms with van der Waals surface area (Å²) >= 11 is 0. The Morgan fingerprint density at radius 3 is 2.53 bits per heavy atom.